The van der Waals surface area contributed by atoms with Crippen LogP contribution in [0.1, 0.15) is 18.1 Å². The fourth-order valence-electron chi connectivity index (χ4n) is 3.29. The molecule has 1 N–H and O–H groups in total. The second-order valence-electron chi connectivity index (χ2n) is 7.86. The molecule has 0 aliphatic carbocycles. The molecule has 176 valence electrons. The van der Waals surface area contributed by atoms with Gasteiger partial charge in [-0.3, -0.25) is 9.36 Å². The van der Waals surface area contributed by atoms with E-state index < -0.39 is 0 Å². The fourth-order valence-corrected chi connectivity index (χ4v) is 4.16. The Labute approximate surface area is 213 Å². The van der Waals surface area contributed by atoms with Gasteiger partial charge >= 0.3 is 0 Å². The summed E-state index contributed by atoms with van der Waals surface area (Å²) in [5, 5.41) is 14.1. The number of nitrogens with zero attached hydrogens (tertiary/aromatic N) is 4. The molecule has 3 aromatic carbocycles. The molecular formula is C27H24ClN5OS. The number of hydrogen-bond acceptors (Lipinski definition) is 5. The second kappa shape index (κ2) is 11.6. The number of hydrazone groups is 1. The Morgan fingerprint density at radius 2 is 1.74 bits per heavy atom. The Kier molecular flexibility index (Phi) is 8.13. The maximum Gasteiger partial charge on any atom is 0.250 e. The number of carbonyl (C=O) groups excluding carboxylic acids is 1. The Morgan fingerprint density at radius 3 is 2.46 bits per heavy atom. The number of thioether (sulfide) groups is 1. The summed E-state index contributed by atoms with van der Waals surface area (Å²) in [4.78, 5) is 12.4. The Bertz CT molecular complexity index is 1350. The van der Waals surface area contributed by atoms with E-state index in [4.69, 9.17) is 11.6 Å². The van der Waals surface area contributed by atoms with Gasteiger partial charge in [0.2, 0.25) is 0 Å². The summed E-state index contributed by atoms with van der Waals surface area (Å²) in [5.74, 6) is 0.592. The zero-order chi connectivity index (χ0) is 24.6. The summed E-state index contributed by atoms with van der Waals surface area (Å²) in [6.07, 6.45) is 3.62. The van der Waals surface area contributed by atoms with Gasteiger partial charge in [-0.15, -0.1) is 10.2 Å². The van der Waals surface area contributed by atoms with Crippen molar-refractivity contribution in [3.05, 3.63) is 101 Å². The van der Waals surface area contributed by atoms with E-state index in [9.17, 15) is 4.79 Å². The highest BCUT2D eigenvalue weighted by Crippen LogP contribution is 2.28. The van der Waals surface area contributed by atoms with Crippen LogP contribution in [0.15, 0.2) is 94.7 Å². The van der Waals surface area contributed by atoms with Crippen LogP contribution in [0.2, 0.25) is 5.02 Å². The van der Waals surface area contributed by atoms with E-state index in [0.29, 0.717) is 16.0 Å². The van der Waals surface area contributed by atoms with Crippen molar-refractivity contribution in [3.63, 3.8) is 0 Å². The van der Waals surface area contributed by atoms with Crippen LogP contribution in [0.25, 0.3) is 23.2 Å². The molecule has 0 fully saturated rings. The topological polar surface area (TPSA) is 72.2 Å². The highest BCUT2D eigenvalue weighted by atomic mass is 35.5. The fraction of sp³-hybridized carbons (Fsp3) is 0.111. The van der Waals surface area contributed by atoms with Crippen molar-refractivity contribution in [3.8, 4) is 17.1 Å². The molecular weight excluding hydrogens is 478 g/mol. The lowest BCUT2D eigenvalue weighted by Gasteiger charge is -2.10. The largest absolute Gasteiger partial charge is 0.272 e. The monoisotopic (exact) mass is 501 g/mol. The second-order valence-corrected chi connectivity index (χ2v) is 9.24. The van der Waals surface area contributed by atoms with E-state index in [2.05, 4.69) is 20.7 Å². The average molecular weight is 502 g/mol. The van der Waals surface area contributed by atoms with E-state index in [1.165, 1.54) is 11.8 Å². The number of halogens is 1. The summed E-state index contributed by atoms with van der Waals surface area (Å²) < 4.78 is 1.93. The van der Waals surface area contributed by atoms with E-state index in [1.807, 2.05) is 103 Å². The molecule has 6 nitrogen and oxygen atoms in total. The first-order valence-electron chi connectivity index (χ1n) is 11.0. The Hall–Kier alpha value is -3.68. The third-order valence-corrected chi connectivity index (χ3v) is 6.19. The molecule has 0 spiro atoms. The number of allylic oxidation sites excluding steroid dienone is 1. The first-order valence-corrected chi connectivity index (χ1v) is 12.3. The van der Waals surface area contributed by atoms with Gasteiger partial charge in [-0.2, -0.15) is 5.10 Å². The lowest BCUT2D eigenvalue weighted by molar-refractivity contribution is -0.118. The summed E-state index contributed by atoms with van der Waals surface area (Å²) >= 11 is 7.38. The number of carbonyl (C=O) groups is 1. The van der Waals surface area contributed by atoms with Gasteiger partial charge in [-0.25, -0.2) is 5.43 Å². The number of nitrogens with one attached hydrogen (secondary N) is 1. The standard InChI is InChI=1S/C27H24ClN5OS/c1-19-8-10-22(11-9-19)26-31-32-27(33(26)24-14-12-23(28)13-15-24)35-18-25(34)30-29-17-20(2)16-21-6-4-3-5-7-21/h3-17H,18H2,1-2H3,(H,30,34). The third-order valence-electron chi connectivity index (χ3n) is 5.01. The SMILES string of the molecule is CC(C=NNC(=O)CSc1nnc(-c2ccc(C)cc2)n1-c1ccc(Cl)cc1)=Cc1ccccc1. The van der Waals surface area contributed by atoms with Crippen LogP contribution >= 0.6 is 23.4 Å². The van der Waals surface area contributed by atoms with Crippen LogP contribution in [-0.2, 0) is 4.79 Å². The predicted molar refractivity (Wildman–Crippen MR) is 144 cm³/mol. The molecule has 0 unspecified atom stereocenters. The molecule has 0 saturated carbocycles. The van der Waals surface area contributed by atoms with Crippen molar-refractivity contribution in [2.75, 3.05) is 5.75 Å². The molecule has 0 radical (unpaired) electrons. The first kappa shape index (κ1) is 24.4. The zero-order valence-electron chi connectivity index (χ0n) is 19.4. The van der Waals surface area contributed by atoms with Crippen molar-refractivity contribution < 1.29 is 4.79 Å². The van der Waals surface area contributed by atoms with Gasteiger partial charge < -0.3 is 0 Å². The number of amides is 1. The van der Waals surface area contributed by atoms with Crippen LogP contribution < -0.4 is 5.43 Å². The van der Waals surface area contributed by atoms with Gasteiger partial charge in [0.15, 0.2) is 11.0 Å². The first-order chi connectivity index (χ1) is 17.0. The van der Waals surface area contributed by atoms with Crippen molar-refractivity contribution >= 4 is 41.6 Å². The highest BCUT2D eigenvalue weighted by molar-refractivity contribution is 7.99. The van der Waals surface area contributed by atoms with Crippen molar-refractivity contribution in [2.24, 2.45) is 5.10 Å². The summed E-state index contributed by atoms with van der Waals surface area (Å²) in [6, 6.07) is 25.4. The van der Waals surface area contributed by atoms with Gasteiger partial charge in [-0.1, -0.05) is 89.6 Å². The maximum atomic E-state index is 12.4. The summed E-state index contributed by atoms with van der Waals surface area (Å²) in [6.45, 7) is 3.97. The summed E-state index contributed by atoms with van der Waals surface area (Å²) in [7, 11) is 0. The van der Waals surface area contributed by atoms with Crippen molar-refractivity contribution in [1.82, 2.24) is 20.2 Å². The molecule has 1 amide bonds. The molecule has 0 bridgehead atoms. The van der Waals surface area contributed by atoms with Gasteiger partial charge in [-0.05, 0) is 49.2 Å². The van der Waals surface area contributed by atoms with Crippen LogP contribution in [0.4, 0.5) is 0 Å². The Balaban J connectivity index is 1.47. The Morgan fingerprint density at radius 1 is 1.03 bits per heavy atom. The molecule has 0 atom stereocenters. The minimum absolute atomic E-state index is 0.137. The molecule has 1 aromatic heterocycles. The molecule has 4 rings (SSSR count). The van der Waals surface area contributed by atoms with E-state index in [-0.39, 0.29) is 11.7 Å². The molecule has 4 aromatic rings. The predicted octanol–water partition coefficient (Wildman–Crippen LogP) is 6.19. The van der Waals surface area contributed by atoms with Crippen LogP contribution in [0, 0.1) is 6.92 Å². The van der Waals surface area contributed by atoms with Gasteiger partial charge in [0.1, 0.15) is 0 Å². The van der Waals surface area contributed by atoms with Crippen LogP contribution in [-0.4, -0.2) is 32.6 Å². The van der Waals surface area contributed by atoms with Gasteiger partial charge in [0, 0.05) is 16.3 Å². The lowest BCUT2D eigenvalue weighted by atomic mass is 10.1. The van der Waals surface area contributed by atoms with Gasteiger partial charge in [0.25, 0.3) is 5.91 Å². The molecule has 35 heavy (non-hydrogen) atoms. The number of aryl methyl sites for hydroxylation is 1. The maximum absolute atomic E-state index is 12.4. The minimum atomic E-state index is -0.235. The molecule has 0 aliphatic heterocycles. The normalized spacial score (nSPS) is 11.7. The quantitative estimate of drug-likeness (QED) is 0.177. The third kappa shape index (κ3) is 6.68. The zero-order valence-corrected chi connectivity index (χ0v) is 20.9. The molecule has 0 saturated heterocycles. The van der Waals surface area contributed by atoms with Crippen LogP contribution in [0.3, 0.4) is 0 Å². The summed E-state index contributed by atoms with van der Waals surface area (Å²) in [5.41, 5.74) is 7.52. The molecule has 8 heteroatoms. The van der Waals surface area contributed by atoms with E-state index in [1.54, 1.807) is 6.21 Å². The number of rotatable bonds is 8. The van der Waals surface area contributed by atoms with E-state index >= 15 is 0 Å². The van der Waals surface area contributed by atoms with Gasteiger partial charge in [0.05, 0.1) is 12.0 Å². The van der Waals surface area contributed by atoms with Crippen LogP contribution in [0.5, 0.6) is 0 Å². The smallest absolute Gasteiger partial charge is 0.250 e. The molecule has 1 heterocycles. The van der Waals surface area contributed by atoms with Crippen molar-refractivity contribution in [1.29, 1.82) is 0 Å². The molecule has 0 aliphatic rings. The number of hydrogen-bond donors (Lipinski definition) is 1. The number of benzene rings is 3. The lowest BCUT2D eigenvalue weighted by Crippen LogP contribution is -2.20. The van der Waals surface area contributed by atoms with Crippen molar-refractivity contribution in [2.45, 2.75) is 19.0 Å². The minimum Gasteiger partial charge on any atom is -0.272 e. The highest BCUT2D eigenvalue weighted by Gasteiger charge is 2.17. The number of aromatic nitrogens is 3. The van der Waals surface area contributed by atoms with E-state index in [0.717, 1.165) is 28.0 Å². The average Bonchev–Trinajstić information content (AvgIpc) is 3.28.